The zero-order valence-electron chi connectivity index (χ0n) is 18.3. The third-order valence-corrected chi connectivity index (χ3v) is 5.78. The lowest BCUT2D eigenvalue weighted by Crippen LogP contribution is -2.36. The van der Waals surface area contributed by atoms with Gasteiger partial charge >= 0.3 is 11.8 Å². The van der Waals surface area contributed by atoms with Crippen molar-refractivity contribution >= 4 is 55.9 Å². The van der Waals surface area contributed by atoms with Crippen molar-refractivity contribution < 1.29 is 18.8 Å². The largest absolute Gasteiger partial charge is 0.328 e. The summed E-state index contributed by atoms with van der Waals surface area (Å²) >= 11 is 3.40. The number of aryl methyl sites for hydroxylation is 2. The second-order valence-electron chi connectivity index (χ2n) is 7.72. The van der Waals surface area contributed by atoms with E-state index in [1.807, 2.05) is 26.0 Å². The molecule has 0 aliphatic heterocycles. The Balaban J connectivity index is 1.62. The molecule has 0 unspecified atom stereocenters. The molecule has 0 saturated carbocycles. The zero-order chi connectivity index (χ0) is 24.4. The van der Waals surface area contributed by atoms with Crippen LogP contribution in [0, 0.1) is 19.7 Å². The van der Waals surface area contributed by atoms with E-state index in [0.29, 0.717) is 16.6 Å². The second kappa shape index (κ2) is 9.48. The van der Waals surface area contributed by atoms with Crippen molar-refractivity contribution in [1.29, 1.82) is 0 Å². The highest BCUT2D eigenvalue weighted by atomic mass is 79.9. The minimum Gasteiger partial charge on any atom is -0.321 e. The van der Waals surface area contributed by atoms with E-state index in [0.717, 1.165) is 15.6 Å². The minimum atomic E-state index is -0.995. The van der Waals surface area contributed by atoms with Crippen molar-refractivity contribution in [1.82, 2.24) is 4.68 Å². The molecule has 9 heteroatoms. The smallest absolute Gasteiger partial charge is 0.321 e. The molecule has 4 rings (SSSR count). The van der Waals surface area contributed by atoms with Gasteiger partial charge in [0.25, 0.3) is 5.91 Å². The highest BCUT2D eigenvalue weighted by Crippen LogP contribution is 2.24. The number of hydrogen-bond donors (Lipinski definition) is 3. The van der Waals surface area contributed by atoms with E-state index in [4.69, 9.17) is 0 Å². The molecule has 0 saturated heterocycles. The number of benzene rings is 3. The molecule has 3 N–H and O–H groups in total. The number of fused-ring (bicyclic) bond motifs is 1. The Kier molecular flexibility index (Phi) is 6.47. The second-order valence-corrected chi connectivity index (χ2v) is 8.64. The van der Waals surface area contributed by atoms with Crippen molar-refractivity contribution in [2.75, 3.05) is 16.1 Å². The molecule has 0 bridgehead atoms. The number of anilines is 2. The van der Waals surface area contributed by atoms with Gasteiger partial charge in [-0.25, -0.2) is 9.07 Å². The van der Waals surface area contributed by atoms with Crippen LogP contribution in [0.25, 0.3) is 10.9 Å². The maximum absolute atomic E-state index is 13.1. The monoisotopic (exact) mass is 522 g/mol. The van der Waals surface area contributed by atoms with E-state index in [1.54, 1.807) is 30.3 Å². The number of hydrogen-bond acceptors (Lipinski definition) is 3. The molecule has 0 radical (unpaired) electrons. The van der Waals surface area contributed by atoms with Gasteiger partial charge in [0.2, 0.25) is 0 Å². The summed E-state index contributed by atoms with van der Waals surface area (Å²) in [4.78, 5) is 38.2. The summed E-state index contributed by atoms with van der Waals surface area (Å²) < 4.78 is 15.2. The fourth-order valence-electron chi connectivity index (χ4n) is 3.36. The average molecular weight is 523 g/mol. The van der Waals surface area contributed by atoms with Gasteiger partial charge in [0.05, 0.1) is 5.52 Å². The highest BCUT2D eigenvalue weighted by molar-refractivity contribution is 9.10. The van der Waals surface area contributed by atoms with Crippen LogP contribution in [0.3, 0.4) is 0 Å². The number of aromatic nitrogens is 1. The van der Waals surface area contributed by atoms with Crippen LogP contribution in [0.5, 0.6) is 0 Å². The van der Waals surface area contributed by atoms with E-state index in [9.17, 15) is 18.8 Å². The summed E-state index contributed by atoms with van der Waals surface area (Å²) in [7, 11) is 0. The van der Waals surface area contributed by atoms with Crippen molar-refractivity contribution in [3.8, 4) is 0 Å². The Labute approximate surface area is 203 Å². The summed E-state index contributed by atoms with van der Waals surface area (Å²) in [5, 5.41) is 5.91. The number of rotatable bonds is 4. The average Bonchev–Trinajstić information content (AvgIpc) is 3.15. The van der Waals surface area contributed by atoms with Gasteiger partial charge in [0, 0.05) is 21.2 Å². The Morgan fingerprint density at radius 3 is 2.21 bits per heavy atom. The molecule has 0 aliphatic carbocycles. The molecule has 3 aromatic carbocycles. The van der Waals surface area contributed by atoms with Gasteiger partial charge in [-0.05, 0) is 85.6 Å². The molecule has 1 aromatic heterocycles. The van der Waals surface area contributed by atoms with Gasteiger partial charge in [-0.1, -0.05) is 22.0 Å². The Bertz CT molecular complexity index is 1430. The van der Waals surface area contributed by atoms with Crippen LogP contribution >= 0.6 is 15.9 Å². The van der Waals surface area contributed by atoms with E-state index >= 15 is 0 Å². The van der Waals surface area contributed by atoms with Gasteiger partial charge < -0.3 is 10.6 Å². The number of carbonyl (C=O) groups excluding carboxylic acids is 3. The lowest BCUT2D eigenvalue weighted by atomic mass is 10.1. The third kappa shape index (κ3) is 4.99. The van der Waals surface area contributed by atoms with Crippen molar-refractivity contribution in [3.63, 3.8) is 0 Å². The van der Waals surface area contributed by atoms with Gasteiger partial charge in [0.1, 0.15) is 11.5 Å². The Hall–Kier alpha value is -3.98. The standard InChI is InChI=1S/C25H20BrFN4O3/c1-14-3-7-20(11-15(14)2)29-23(32)22-13-16-12-17(26)4-10-21(16)31(22)30-25(34)24(33)28-19-8-5-18(27)6-9-19/h3-13H,1-2H3,(H,28,33)(H,29,32)(H,30,34). The van der Waals surface area contributed by atoms with Crippen LogP contribution in [0.15, 0.2) is 71.2 Å². The number of halogens is 2. The topological polar surface area (TPSA) is 92.2 Å². The molecule has 0 fully saturated rings. The zero-order valence-corrected chi connectivity index (χ0v) is 19.9. The van der Waals surface area contributed by atoms with E-state index in [1.165, 1.54) is 28.9 Å². The summed E-state index contributed by atoms with van der Waals surface area (Å²) in [6.45, 7) is 3.92. The minimum absolute atomic E-state index is 0.134. The first-order chi connectivity index (χ1) is 16.2. The molecule has 172 valence electrons. The number of nitrogens with one attached hydrogen (secondary N) is 3. The van der Waals surface area contributed by atoms with Gasteiger partial charge in [0.15, 0.2) is 0 Å². The SMILES string of the molecule is Cc1ccc(NC(=O)c2cc3cc(Br)ccc3n2NC(=O)C(=O)Nc2ccc(F)cc2)cc1C. The summed E-state index contributed by atoms with van der Waals surface area (Å²) in [5.74, 6) is -2.89. The van der Waals surface area contributed by atoms with Crippen molar-refractivity contribution in [2.24, 2.45) is 0 Å². The summed E-state index contributed by atoms with van der Waals surface area (Å²) in [6, 6.07) is 17.4. The molecular formula is C25H20BrFN4O3. The highest BCUT2D eigenvalue weighted by Gasteiger charge is 2.21. The lowest BCUT2D eigenvalue weighted by molar-refractivity contribution is -0.133. The van der Waals surface area contributed by atoms with Crippen LogP contribution < -0.4 is 16.1 Å². The van der Waals surface area contributed by atoms with Crippen molar-refractivity contribution in [3.05, 3.63) is 93.8 Å². The van der Waals surface area contributed by atoms with Gasteiger partial charge in [-0.15, -0.1) is 0 Å². The predicted octanol–water partition coefficient (Wildman–Crippen LogP) is 5.12. The van der Waals surface area contributed by atoms with E-state index < -0.39 is 23.5 Å². The fraction of sp³-hybridized carbons (Fsp3) is 0.0800. The molecular weight excluding hydrogens is 503 g/mol. The number of nitrogens with zero attached hydrogens (tertiary/aromatic N) is 1. The maximum Gasteiger partial charge on any atom is 0.328 e. The molecule has 7 nitrogen and oxygen atoms in total. The molecule has 34 heavy (non-hydrogen) atoms. The first kappa shape index (κ1) is 23.2. The van der Waals surface area contributed by atoms with Gasteiger partial charge in [-0.2, -0.15) is 0 Å². The first-order valence-electron chi connectivity index (χ1n) is 10.3. The van der Waals surface area contributed by atoms with Gasteiger partial charge in [-0.3, -0.25) is 19.8 Å². The molecule has 0 aliphatic rings. The molecule has 3 amide bonds. The fourth-order valence-corrected chi connectivity index (χ4v) is 3.74. The number of carbonyl (C=O) groups is 3. The van der Waals surface area contributed by atoms with Crippen molar-refractivity contribution in [2.45, 2.75) is 13.8 Å². The van der Waals surface area contributed by atoms with E-state index in [2.05, 4.69) is 32.0 Å². The Morgan fingerprint density at radius 1 is 0.794 bits per heavy atom. The lowest BCUT2D eigenvalue weighted by Gasteiger charge is -2.13. The first-order valence-corrected chi connectivity index (χ1v) is 11.1. The quantitative estimate of drug-likeness (QED) is 0.325. The van der Waals surface area contributed by atoms with E-state index in [-0.39, 0.29) is 11.4 Å². The summed E-state index contributed by atoms with van der Waals surface area (Å²) in [5.41, 5.74) is 6.12. The predicted molar refractivity (Wildman–Crippen MR) is 133 cm³/mol. The van der Waals surface area contributed by atoms with Crippen LogP contribution in [-0.2, 0) is 9.59 Å². The van der Waals surface area contributed by atoms with Crippen LogP contribution in [0.4, 0.5) is 15.8 Å². The summed E-state index contributed by atoms with van der Waals surface area (Å²) in [6.07, 6.45) is 0. The third-order valence-electron chi connectivity index (χ3n) is 5.28. The number of amides is 3. The normalized spacial score (nSPS) is 10.7. The molecule has 1 heterocycles. The van der Waals surface area contributed by atoms with Crippen LogP contribution in [-0.4, -0.2) is 22.4 Å². The van der Waals surface area contributed by atoms with Crippen LogP contribution in [0.2, 0.25) is 0 Å². The molecule has 4 aromatic rings. The van der Waals surface area contributed by atoms with Crippen LogP contribution in [0.1, 0.15) is 21.6 Å². The molecule has 0 spiro atoms. The molecule has 0 atom stereocenters. The maximum atomic E-state index is 13.1. The Morgan fingerprint density at radius 2 is 1.50 bits per heavy atom.